The van der Waals surface area contributed by atoms with Crippen LogP contribution >= 0.6 is 27.3 Å². The van der Waals surface area contributed by atoms with E-state index in [1.165, 1.54) is 24.5 Å². The molecule has 0 fully saturated rings. The van der Waals surface area contributed by atoms with Crippen LogP contribution in [-0.4, -0.2) is 19.0 Å². The number of hydrogen-bond acceptors (Lipinski definition) is 6. The van der Waals surface area contributed by atoms with Crippen LogP contribution in [-0.2, 0) is 17.6 Å². The van der Waals surface area contributed by atoms with Gasteiger partial charge in [0.15, 0.2) is 0 Å². The number of carbonyl (C=O) groups is 2. The normalized spacial score (nSPS) is 15.8. The van der Waals surface area contributed by atoms with Crippen LogP contribution in [0.15, 0.2) is 37.9 Å². The second-order valence-electron chi connectivity index (χ2n) is 7.13. The highest BCUT2D eigenvalue weighted by molar-refractivity contribution is 9.10. The molecule has 1 aromatic carbocycles. The number of anilines is 1. The zero-order valence-corrected chi connectivity index (χ0v) is 18.2. The molecule has 0 bridgehead atoms. The van der Waals surface area contributed by atoms with E-state index in [0.717, 1.165) is 34.2 Å². The number of thiophene rings is 1. The van der Waals surface area contributed by atoms with Crippen molar-refractivity contribution < 1.29 is 18.7 Å². The van der Waals surface area contributed by atoms with Crippen LogP contribution in [0.5, 0.6) is 0 Å². The number of nitrogens with one attached hydrogen (secondary N) is 1. The van der Waals surface area contributed by atoms with Crippen molar-refractivity contribution in [1.82, 2.24) is 0 Å². The maximum atomic E-state index is 12.9. The Bertz CT molecular complexity index is 1200. The van der Waals surface area contributed by atoms with Gasteiger partial charge in [-0.05, 0) is 55.0 Å². The Labute approximate surface area is 179 Å². The fourth-order valence-electron chi connectivity index (χ4n) is 3.58. The summed E-state index contributed by atoms with van der Waals surface area (Å²) in [6, 6.07) is 6.67. The molecule has 1 amide bonds. The number of ether oxygens (including phenoxy) is 1. The van der Waals surface area contributed by atoms with Gasteiger partial charge in [0.05, 0.1) is 12.7 Å². The minimum Gasteiger partial charge on any atom is -0.465 e. The van der Waals surface area contributed by atoms with E-state index in [4.69, 9.17) is 9.15 Å². The molecule has 2 heterocycles. The van der Waals surface area contributed by atoms with E-state index >= 15 is 0 Å². The molecule has 0 aliphatic heterocycles. The quantitative estimate of drug-likeness (QED) is 0.435. The molecule has 3 aromatic rings. The van der Waals surface area contributed by atoms with Gasteiger partial charge in [0.25, 0.3) is 5.91 Å². The maximum absolute atomic E-state index is 12.9. The lowest BCUT2D eigenvalue weighted by molar-refractivity contribution is 0.0601. The highest BCUT2D eigenvalue weighted by Gasteiger charge is 2.29. The van der Waals surface area contributed by atoms with Gasteiger partial charge in [-0.2, -0.15) is 0 Å². The van der Waals surface area contributed by atoms with Crippen molar-refractivity contribution in [3.05, 3.63) is 60.7 Å². The average Bonchev–Trinajstić information content (AvgIpc) is 3.03. The first kappa shape index (κ1) is 19.8. The molecule has 0 unspecified atom stereocenters. The largest absolute Gasteiger partial charge is 0.465 e. The third-order valence-corrected chi connectivity index (χ3v) is 6.73. The summed E-state index contributed by atoms with van der Waals surface area (Å²) in [6.45, 7) is 2.16. The number of fused-ring (bicyclic) bond motifs is 2. The molecule has 150 valence electrons. The van der Waals surface area contributed by atoms with Crippen molar-refractivity contribution in [3.8, 4) is 0 Å². The molecule has 0 spiro atoms. The Morgan fingerprint density at radius 3 is 2.86 bits per heavy atom. The first-order chi connectivity index (χ1) is 13.9. The number of amides is 1. The van der Waals surface area contributed by atoms with E-state index in [2.05, 4.69) is 28.2 Å². The summed E-state index contributed by atoms with van der Waals surface area (Å²) >= 11 is 4.74. The molecule has 1 aliphatic carbocycles. The van der Waals surface area contributed by atoms with E-state index in [1.54, 1.807) is 18.2 Å². The first-order valence-electron chi connectivity index (χ1n) is 9.15. The standard InChI is InChI=1S/C21H18BrNO5S/c1-10-3-5-13-16(7-10)29-19(17(13)21(26)27-2)23-18(24)14-9-11-8-12(22)4-6-15(11)28-20(14)25/h4,6,8-10H,3,5,7H2,1-2H3,(H,23,24)/t10-/m1/s1. The van der Waals surface area contributed by atoms with E-state index in [-0.39, 0.29) is 5.56 Å². The first-order valence-corrected chi connectivity index (χ1v) is 10.8. The molecule has 0 saturated heterocycles. The summed E-state index contributed by atoms with van der Waals surface area (Å²) in [5.74, 6) is -0.583. The topological polar surface area (TPSA) is 85.6 Å². The van der Waals surface area contributed by atoms with E-state index in [0.29, 0.717) is 27.5 Å². The number of carbonyl (C=O) groups excluding carboxylic acids is 2. The molecule has 8 heteroatoms. The van der Waals surface area contributed by atoms with Gasteiger partial charge in [-0.3, -0.25) is 4.79 Å². The molecule has 4 rings (SSSR count). The van der Waals surface area contributed by atoms with Gasteiger partial charge in [0, 0.05) is 14.7 Å². The monoisotopic (exact) mass is 475 g/mol. The van der Waals surface area contributed by atoms with Gasteiger partial charge < -0.3 is 14.5 Å². The number of halogens is 1. The third-order valence-electron chi connectivity index (χ3n) is 5.07. The molecule has 1 atom stereocenters. The molecule has 2 aromatic heterocycles. The minimum atomic E-state index is -0.730. The predicted octanol–water partition coefficient (Wildman–Crippen LogP) is 4.78. The fourth-order valence-corrected chi connectivity index (χ4v) is 5.35. The minimum absolute atomic E-state index is 0.119. The Morgan fingerprint density at radius 2 is 2.10 bits per heavy atom. The van der Waals surface area contributed by atoms with Crippen LogP contribution in [0.2, 0.25) is 0 Å². The molecular weight excluding hydrogens is 458 g/mol. The van der Waals surface area contributed by atoms with E-state index in [9.17, 15) is 14.4 Å². The van der Waals surface area contributed by atoms with Crippen molar-refractivity contribution >= 4 is 55.1 Å². The molecule has 0 radical (unpaired) electrons. The Balaban J connectivity index is 1.73. The lowest BCUT2D eigenvalue weighted by atomic mass is 9.88. The molecule has 1 aliphatic rings. The zero-order chi connectivity index (χ0) is 20.7. The molecular formula is C21H18BrNO5S. The van der Waals surface area contributed by atoms with Crippen LogP contribution in [0.25, 0.3) is 11.0 Å². The number of benzene rings is 1. The second-order valence-corrected chi connectivity index (χ2v) is 9.15. The third kappa shape index (κ3) is 3.74. The summed E-state index contributed by atoms with van der Waals surface area (Å²) in [6.07, 6.45) is 2.59. The van der Waals surface area contributed by atoms with Crippen LogP contribution < -0.4 is 10.9 Å². The predicted molar refractivity (Wildman–Crippen MR) is 115 cm³/mol. The zero-order valence-electron chi connectivity index (χ0n) is 15.8. The highest BCUT2D eigenvalue weighted by atomic mass is 79.9. The van der Waals surface area contributed by atoms with E-state index < -0.39 is 17.5 Å². The van der Waals surface area contributed by atoms with Crippen LogP contribution in [0.1, 0.15) is 44.5 Å². The van der Waals surface area contributed by atoms with Crippen LogP contribution in [0, 0.1) is 5.92 Å². The summed E-state index contributed by atoms with van der Waals surface area (Å²) in [5.41, 5.74) is 0.869. The Hall–Kier alpha value is -2.45. The van der Waals surface area contributed by atoms with Gasteiger partial charge >= 0.3 is 11.6 Å². The number of methoxy groups -OCH3 is 1. The van der Waals surface area contributed by atoms with Gasteiger partial charge in [0.1, 0.15) is 16.1 Å². The van der Waals surface area contributed by atoms with Gasteiger partial charge in [-0.25, -0.2) is 9.59 Å². The summed E-state index contributed by atoms with van der Waals surface area (Å²) in [5, 5.41) is 3.77. The Kier molecular flexibility index (Phi) is 5.31. The van der Waals surface area contributed by atoms with Crippen molar-refractivity contribution in [2.45, 2.75) is 26.2 Å². The summed E-state index contributed by atoms with van der Waals surface area (Å²) < 4.78 is 11.0. The van der Waals surface area contributed by atoms with Crippen molar-refractivity contribution in [3.63, 3.8) is 0 Å². The molecule has 6 nitrogen and oxygen atoms in total. The SMILES string of the molecule is COC(=O)c1c(NC(=O)c2cc3cc(Br)ccc3oc2=O)sc2c1CC[C@@H](C)C2. The lowest BCUT2D eigenvalue weighted by Gasteiger charge is -2.18. The van der Waals surface area contributed by atoms with Crippen molar-refractivity contribution in [2.75, 3.05) is 12.4 Å². The highest BCUT2D eigenvalue weighted by Crippen LogP contribution is 2.40. The maximum Gasteiger partial charge on any atom is 0.349 e. The Morgan fingerprint density at radius 1 is 1.31 bits per heavy atom. The fraction of sp³-hybridized carbons (Fsp3) is 0.286. The average molecular weight is 476 g/mol. The van der Waals surface area contributed by atoms with Gasteiger partial charge in [0.2, 0.25) is 0 Å². The number of esters is 1. The number of hydrogen-bond donors (Lipinski definition) is 1. The molecule has 0 saturated carbocycles. The van der Waals surface area contributed by atoms with Crippen LogP contribution in [0.3, 0.4) is 0 Å². The second kappa shape index (κ2) is 7.76. The van der Waals surface area contributed by atoms with Gasteiger partial charge in [-0.15, -0.1) is 11.3 Å². The summed E-state index contributed by atoms with van der Waals surface area (Å²) in [7, 11) is 1.32. The van der Waals surface area contributed by atoms with Gasteiger partial charge in [-0.1, -0.05) is 22.9 Å². The number of rotatable bonds is 3. The van der Waals surface area contributed by atoms with E-state index in [1.807, 2.05) is 0 Å². The van der Waals surface area contributed by atoms with Crippen LogP contribution in [0.4, 0.5) is 5.00 Å². The lowest BCUT2D eigenvalue weighted by Crippen LogP contribution is -2.21. The summed E-state index contributed by atoms with van der Waals surface area (Å²) in [4.78, 5) is 38.7. The molecule has 1 N–H and O–H groups in total. The van der Waals surface area contributed by atoms with Crippen molar-refractivity contribution in [2.24, 2.45) is 5.92 Å². The van der Waals surface area contributed by atoms with Crippen molar-refractivity contribution in [1.29, 1.82) is 0 Å². The smallest absolute Gasteiger partial charge is 0.349 e. The molecule has 29 heavy (non-hydrogen) atoms.